The Morgan fingerprint density at radius 1 is 0.826 bits per heavy atom. The Morgan fingerprint density at radius 3 is 2.11 bits per heavy atom. The Morgan fingerprint density at radius 2 is 1.46 bits per heavy atom. The monoisotopic (exact) mass is 701 g/mol. The van der Waals surface area contributed by atoms with Crippen LogP contribution in [-0.2, 0) is 32.6 Å². The first kappa shape index (κ1) is 33.4. The average molecular weight is 703 g/mol. The van der Waals surface area contributed by atoms with E-state index in [1.807, 2.05) is 80.6 Å². The van der Waals surface area contributed by atoms with E-state index in [-0.39, 0.29) is 29.8 Å². The third-order valence-electron chi connectivity index (χ3n) is 8.51. The van der Waals surface area contributed by atoms with Gasteiger partial charge >= 0.3 is 0 Å². The van der Waals surface area contributed by atoms with Gasteiger partial charge in [-0.2, -0.15) is 0 Å². The molecule has 4 aromatic carbocycles. The van der Waals surface area contributed by atoms with Crippen LogP contribution in [0.1, 0.15) is 47.9 Å². The van der Waals surface area contributed by atoms with Gasteiger partial charge in [0.2, 0.25) is 11.8 Å². The molecule has 0 aromatic heterocycles. The van der Waals surface area contributed by atoms with E-state index in [2.05, 4.69) is 21.2 Å². The maximum atomic E-state index is 14.6. The third-order valence-corrected chi connectivity index (χ3v) is 10.8. The smallest absolute Gasteiger partial charge is 0.264 e. The van der Waals surface area contributed by atoms with E-state index >= 15 is 0 Å². The van der Waals surface area contributed by atoms with E-state index in [9.17, 15) is 18.0 Å². The summed E-state index contributed by atoms with van der Waals surface area (Å²) in [5.41, 5.74) is 3.79. The van der Waals surface area contributed by atoms with Crippen molar-refractivity contribution in [2.24, 2.45) is 0 Å². The molecule has 0 bridgehead atoms. The highest BCUT2D eigenvalue weighted by molar-refractivity contribution is 9.10. The molecule has 0 spiro atoms. The van der Waals surface area contributed by atoms with E-state index in [1.165, 1.54) is 4.31 Å². The molecule has 1 unspecified atom stereocenters. The highest BCUT2D eigenvalue weighted by Crippen LogP contribution is 2.28. The number of hydrogen-bond donors (Lipinski definition) is 1. The topological polar surface area (TPSA) is 86.8 Å². The molecule has 5 rings (SSSR count). The van der Waals surface area contributed by atoms with Crippen molar-refractivity contribution < 1.29 is 18.0 Å². The summed E-state index contributed by atoms with van der Waals surface area (Å²) in [7, 11) is -4.14. The van der Waals surface area contributed by atoms with Crippen LogP contribution in [0, 0.1) is 13.8 Å². The summed E-state index contributed by atoms with van der Waals surface area (Å²) in [4.78, 5) is 30.4. The number of hydrogen-bond acceptors (Lipinski definition) is 4. The van der Waals surface area contributed by atoms with Crippen molar-refractivity contribution in [1.82, 2.24) is 10.2 Å². The number of benzene rings is 4. The zero-order valence-corrected chi connectivity index (χ0v) is 28.6. The van der Waals surface area contributed by atoms with Gasteiger partial charge in [0.1, 0.15) is 12.6 Å². The molecule has 7 nitrogen and oxygen atoms in total. The molecular formula is C37H40BrN3O4S. The van der Waals surface area contributed by atoms with E-state index < -0.39 is 28.5 Å². The average Bonchev–Trinajstić information content (AvgIpc) is 3.56. The van der Waals surface area contributed by atoms with Crippen molar-refractivity contribution in [1.29, 1.82) is 0 Å². The van der Waals surface area contributed by atoms with Gasteiger partial charge in [0.25, 0.3) is 10.0 Å². The number of para-hydroxylation sites is 1. The highest BCUT2D eigenvalue weighted by Gasteiger charge is 2.36. The molecule has 0 heterocycles. The van der Waals surface area contributed by atoms with Gasteiger partial charge in [-0.25, -0.2) is 8.42 Å². The normalized spacial score (nSPS) is 14.1. The number of sulfonamides is 1. The predicted molar refractivity (Wildman–Crippen MR) is 186 cm³/mol. The van der Waals surface area contributed by atoms with Gasteiger partial charge in [-0.3, -0.25) is 13.9 Å². The van der Waals surface area contributed by atoms with Crippen LogP contribution in [0.2, 0.25) is 0 Å². The number of rotatable bonds is 12. The maximum absolute atomic E-state index is 14.6. The molecule has 0 aliphatic heterocycles. The molecule has 4 aromatic rings. The fraction of sp³-hybridized carbons (Fsp3) is 0.297. The van der Waals surface area contributed by atoms with Gasteiger partial charge in [0.15, 0.2) is 0 Å². The van der Waals surface area contributed by atoms with Crippen molar-refractivity contribution in [2.45, 2.75) is 69.5 Å². The molecule has 1 aliphatic carbocycles. The minimum atomic E-state index is -4.14. The summed E-state index contributed by atoms with van der Waals surface area (Å²) in [6, 6.07) is 30.2. The summed E-state index contributed by atoms with van der Waals surface area (Å²) in [5, 5.41) is 3.21. The van der Waals surface area contributed by atoms with Crippen molar-refractivity contribution in [2.75, 3.05) is 10.8 Å². The molecule has 1 N–H and O–H groups in total. The first-order valence-electron chi connectivity index (χ1n) is 15.6. The molecule has 1 atom stereocenters. The van der Waals surface area contributed by atoms with Crippen LogP contribution in [0.4, 0.5) is 5.69 Å². The number of carbonyl (C=O) groups is 2. The second-order valence-electron chi connectivity index (χ2n) is 12.0. The predicted octanol–water partition coefficient (Wildman–Crippen LogP) is 6.96. The molecular weight excluding hydrogens is 662 g/mol. The lowest BCUT2D eigenvalue weighted by molar-refractivity contribution is -0.140. The van der Waals surface area contributed by atoms with Crippen LogP contribution in [0.5, 0.6) is 0 Å². The zero-order valence-electron chi connectivity index (χ0n) is 26.2. The second kappa shape index (κ2) is 15.1. The van der Waals surface area contributed by atoms with Crippen LogP contribution >= 0.6 is 15.9 Å². The largest absolute Gasteiger partial charge is 0.352 e. The van der Waals surface area contributed by atoms with E-state index in [0.29, 0.717) is 11.3 Å². The van der Waals surface area contributed by atoms with Crippen molar-refractivity contribution in [3.8, 4) is 0 Å². The number of anilines is 1. The van der Waals surface area contributed by atoms with Crippen LogP contribution in [-0.4, -0.2) is 43.8 Å². The zero-order chi connectivity index (χ0) is 32.7. The summed E-state index contributed by atoms with van der Waals surface area (Å²) < 4.78 is 30.6. The molecule has 2 amide bonds. The first-order valence-corrected chi connectivity index (χ1v) is 17.9. The summed E-state index contributed by atoms with van der Waals surface area (Å²) in [6.45, 7) is 3.38. The quantitative estimate of drug-likeness (QED) is 0.173. The second-order valence-corrected chi connectivity index (χ2v) is 14.7. The minimum absolute atomic E-state index is 0.0563. The van der Waals surface area contributed by atoms with Gasteiger partial charge < -0.3 is 10.2 Å². The maximum Gasteiger partial charge on any atom is 0.264 e. The van der Waals surface area contributed by atoms with Crippen LogP contribution < -0.4 is 9.62 Å². The molecule has 46 heavy (non-hydrogen) atoms. The summed E-state index contributed by atoms with van der Waals surface area (Å²) >= 11 is 3.48. The third kappa shape index (κ3) is 8.25. The van der Waals surface area contributed by atoms with Gasteiger partial charge in [0.05, 0.1) is 10.6 Å². The first-order chi connectivity index (χ1) is 22.1. The number of nitrogens with zero attached hydrogens (tertiary/aromatic N) is 2. The minimum Gasteiger partial charge on any atom is -0.352 e. The fourth-order valence-electron chi connectivity index (χ4n) is 5.90. The Bertz CT molecular complexity index is 1740. The van der Waals surface area contributed by atoms with E-state index in [1.54, 1.807) is 41.3 Å². The lowest BCUT2D eigenvalue weighted by atomic mass is 10.0. The van der Waals surface area contributed by atoms with E-state index in [0.717, 1.165) is 46.8 Å². The van der Waals surface area contributed by atoms with Gasteiger partial charge in [-0.15, -0.1) is 0 Å². The number of carbonyl (C=O) groups excluding carboxylic acids is 2. The lowest BCUT2D eigenvalue weighted by Gasteiger charge is -2.34. The number of nitrogens with one attached hydrogen (secondary N) is 1. The Hall–Kier alpha value is -3.95. The molecule has 9 heteroatoms. The van der Waals surface area contributed by atoms with Crippen molar-refractivity contribution in [3.05, 3.63) is 130 Å². The van der Waals surface area contributed by atoms with Crippen molar-refractivity contribution >= 4 is 43.5 Å². The standard InChI is InChI=1S/C37H40BrN3O4S/c1-27-16-22-33(23-17-27)46(44,45)41(34-15-9-6-10-28(34)2)26-36(42)40(25-30-18-20-31(38)21-19-30)35(24-29-11-4-3-5-12-29)37(43)39-32-13-7-8-14-32/h3-6,9-12,15-23,32,35H,7-8,13-14,24-26H2,1-2H3,(H,39,43). The Kier molecular flexibility index (Phi) is 11.0. The molecule has 1 fully saturated rings. The molecule has 1 aliphatic rings. The van der Waals surface area contributed by atoms with Crippen LogP contribution in [0.25, 0.3) is 0 Å². The highest BCUT2D eigenvalue weighted by atomic mass is 79.9. The van der Waals surface area contributed by atoms with E-state index in [4.69, 9.17) is 0 Å². The molecule has 0 radical (unpaired) electrons. The molecule has 240 valence electrons. The SMILES string of the molecule is Cc1ccc(S(=O)(=O)N(CC(=O)N(Cc2ccc(Br)cc2)C(Cc2ccccc2)C(=O)NC2CCCC2)c2ccccc2C)cc1. The number of aryl methyl sites for hydroxylation is 2. The van der Waals surface area contributed by atoms with Gasteiger partial charge in [0, 0.05) is 23.5 Å². The fourth-order valence-corrected chi connectivity index (χ4v) is 7.65. The lowest BCUT2D eigenvalue weighted by Crippen LogP contribution is -2.54. The van der Waals surface area contributed by atoms with Crippen molar-refractivity contribution in [3.63, 3.8) is 0 Å². The Labute approximate surface area is 280 Å². The summed E-state index contributed by atoms with van der Waals surface area (Å²) in [5.74, 6) is -0.700. The van der Waals surface area contributed by atoms with Gasteiger partial charge in [-0.1, -0.05) is 107 Å². The summed E-state index contributed by atoms with van der Waals surface area (Å²) in [6.07, 6.45) is 4.20. The number of amides is 2. The Balaban J connectivity index is 1.57. The molecule has 1 saturated carbocycles. The van der Waals surface area contributed by atoms with Crippen LogP contribution in [0.15, 0.2) is 112 Å². The number of halogens is 1. The van der Waals surface area contributed by atoms with Crippen LogP contribution in [0.3, 0.4) is 0 Å². The van der Waals surface area contributed by atoms with Gasteiger partial charge in [-0.05, 0) is 73.7 Å². The molecule has 0 saturated heterocycles.